The number of phosphoric acid groups is 2. The Labute approximate surface area is 301 Å². The van der Waals surface area contributed by atoms with Crippen LogP contribution in [0.25, 0.3) is 22.3 Å². The number of fused-ring (bicyclic) bond motifs is 5. The molecule has 8 N–H and O–H groups in total. The molecule has 290 valence electrons. The number of rotatable bonds is 4. The number of anilines is 2. The van der Waals surface area contributed by atoms with E-state index in [-0.39, 0.29) is 34.1 Å². The predicted molar refractivity (Wildman–Crippen MR) is 184 cm³/mol. The van der Waals surface area contributed by atoms with Crippen molar-refractivity contribution in [2.24, 2.45) is 0 Å². The highest BCUT2D eigenvalue weighted by atomic mass is 31.2. The largest absolute Gasteiger partial charge is 0.472 e. The minimum Gasteiger partial charge on any atom is -0.408 e. The summed E-state index contributed by atoms with van der Waals surface area (Å²) in [6.45, 7) is 9.46. The maximum absolute atomic E-state index is 13.9. The Morgan fingerprint density at radius 1 is 0.962 bits per heavy atom. The van der Waals surface area contributed by atoms with Gasteiger partial charge in [-0.2, -0.15) is 4.98 Å². The first-order valence-electron chi connectivity index (χ1n) is 16.3. The van der Waals surface area contributed by atoms with Crippen molar-refractivity contribution in [1.29, 1.82) is 0 Å². The molecule has 0 saturated carbocycles. The Balaban J connectivity index is 1.28. The third kappa shape index (κ3) is 6.86. The Hall–Kier alpha value is -3.22. The molecule has 2 bridgehead atoms. The standard InChI is InChI=1S/C27H40N10O13P2Si/c1-26(2,3)53(5,6)50-16-12-7-44-52(42,43)49-18-13(47-24(27(18,4)39)37-11-32-14-19(28)30-9-31-20(14)37)8-45-51(40,41)48-17(16)23(46-12)36-10-33-15-21(36)34-25(29)35-22(15)38/h9-13,16-18,23-24,39H,7-8H2,1-6H3,(H,40,41)(H,42,43)(H2,28,30,31)(H3,29,34,35,38). The van der Waals surface area contributed by atoms with Gasteiger partial charge in [-0.15, -0.1) is 0 Å². The summed E-state index contributed by atoms with van der Waals surface area (Å²) in [5.41, 5.74) is 9.10. The number of aromatic amines is 1. The van der Waals surface area contributed by atoms with Gasteiger partial charge in [0.15, 0.2) is 43.4 Å². The van der Waals surface area contributed by atoms with Crippen molar-refractivity contribution in [2.45, 2.75) is 94.4 Å². The summed E-state index contributed by atoms with van der Waals surface area (Å²) >= 11 is 0. The second-order valence-electron chi connectivity index (χ2n) is 14.6. The average Bonchev–Trinajstić information content (AvgIpc) is 3.79. The van der Waals surface area contributed by atoms with Crippen LogP contribution in [0, 0.1) is 0 Å². The fourth-order valence-corrected chi connectivity index (χ4v) is 9.52. The zero-order chi connectivity index (χ0) is 38.5. The van der Waals surface area contributed by atoms with E-state index < -0.39 is 96.4 Å². The SMILES string of the molecule is CC1(O)C2OP(=O)(O)OCC3OC(n4cnc5c(=O)[nH]c(N)nc54)C(OP(=O)(O)OCC2OC1n1cnc2c(N)ncnc21)C3O[Si](C)(C)C(C)(C)C. The van der Waals surface area contributed by atoms with Crippen LogP contribution in [-0.4, -0.2) is 112 Å². The van der Waals surface area contributed by atoms with Crippen molar-refractivity contribution in [1.82, 2.24) is 39.0 Å². The van der Waals surface area contributed by atoms with Gasteiger partial charge >= 0.3 is 15.6 Å². The fourth-order valence-electron chi connectivity index (χ4n) is 6.24. The zero-order valence-corrected chi connectivity index (χ0v) is 32.1. The quantitative estimate of drug-likeness (QED) is 0.124. The summed E-state index contributed by atoms with van der Waals surface area (Å²) in [4.78, 5) is 57.9. The number of nitrogen functional groups attached to an aromatic ring is 2. The van der Waals surface area contributed by atoms with E-state index in [1.54, 1.807) is 0 Å². The Morgan fingerprint density at radius 2 is 1.60 bits per heavy atom. The average molecular weight is 803 g/mol. The van der Waals surface area contributed by atoms with Gasteiger partial charge < -0.3 is 40.3 Å². The van der Waals surface area contributed by atoms with Gasteiger partial charge in [0.1, 0.15) is 48.0 Å². The number of imidazole rings is 2. The van der Waals surface area contributed by atoms with Crippen LogP contribution in [0.4, 0.5) is 11.8 Å². The molecular formula is C27H40N10O13P2Si. The molecule has 3 aliphatic heterocycles. The molecule has 0 radical (unpaired) electrons. The number of nitrogens with zero attached hydrogens (tertiary/aromatic N) is 7. The molecule has 0 aliphatic carbocycles. The van der Waals surface area contributed by atoms with Crippen LogP contribution >= 0.6 is 15.6 Å². The van der Waals surface area contributed by atoms with Crippen LogP contribution in [-0.2, 0) is 41.1 Å². The summed E-state index contributed by atoms with van der Waals surface area (Å²) in [5, 5.41) is 11.4. The second-order valence-corrected chi connectivity index (χ2v) is 22.2. The first-order valence-corrected chi connectivity index (χ1v) is 22.2. The van der Waals surface area contributed by atoms with E-state index in [9.17, 15) is 28.8 Å². The number of nitrogens with two attached hydrogens (primary N) is 2. The second kappa shape index (κ2) is 12.9. The molecule has 3 saturated heterocycles. The third-order valence-electron chi connectivity index (χ3n) is 9.91. The van der Waals surface area contributed by atoms with E-state index in [0.29, 0.717) is 0 Å². The molecule has 4 aromatic heterocycles. The van der Waals surface area contributed by atoms with Crippen molar-refractivity contribution < 1.29 is 56.0 Å². The first-order chi connectivity index (χ1) is 24.6. The molecule has 26 heteroatoms. The van der Waals surface area contributed by atoms with E-state index in [1.165, 1.54) is 35.0 Å². The van der Waals surface area contributed by atoms with Gasteiger partial charge in [-0.1, -0.05) is 20.8 Å². The van der Waals surface area contributed by atoms with Gasteiger partial charge in [-0.3, -0.25) is 37.0 Å². The van der Waals surface area contributed by atoms with Crippen LogP contribution < -0.4 is 17.0 Å². The van der Waals surface area contributed by atoms with E-state index >= 15 is 0 Å². The number of H-pyrrole nitrogens is 1. The lowest BCUT2D eigenvalue weighted by atomic mass is 9.96. The lowest BCUT2D eigenvalue weighted by Gasteiger charge is -2.40. The van der Waals surface area contributed by atoms with Crippen LogP contribution in [0.15, 0.2) is 23.8 Å². The number of phosphoric ester groups is 2. The highest BCUT2D eigenvalue weighted by Crippen LogP contribution is 2.56. The minimum atomic E-state index is -5.15. The zero-order valence-electron chi connectivity index (χ0n) is 29.3. The van der Waals surface area contributed by atoms with Crippen LogP contribution in [0.3, 0.4) is 0 Å². The van der Waals surface area contributed by atoms with Crippen molar-refractivity contribution in [2.75, 3.05) is 24.7 Å². The maximum atomic E-state index is 13.9. The van der Waals surface area contributed by atoms with Crippen LogP contribution in [0.1, 0.15) is 40.2 Å². The number of aliphatic hydroxyl groups is 1. The highest BCUT2D eigenvalue weighted by Gasteiger charge is 2.59. The minimum absolute atomic E-state index is 0.0425. The highest BCUT2D eigenvalue weighted by molar-refractivity contribution is 7.47. The van der Waals surface area contributed by atoms with E-state index in [2.05, 4.69) is 29.9 Å². The smallest absolute Gasteiger partial charge is 0.408 e. The third-order valence-corrected chi connectivity index (χ3v) is 16.3. The molecule has 10 atom stereocenters. The molecule has 7 heterocycles. The molecule has 3 aliphatic rings. The van der Waals surface area contributed by atoms with Gasteiger partial charge in [0, 0.05) is 0 Å². The van der Waals surface area contributed by atoms with Gasteiger partial charge in [-0.05, 0) is 25.1 Å². The fraction of sp³-hybridized carbons (Fsp3) is 0.630. The van der Waals surface area contributed by atoms with Crippen molar-refractivity contribution >= 4 is 58.1 Å². The summed E-state index contributed by atoms with van der Waals surface area (Å²) in [7, 11) is -13.1. The first kappa shape index (κ1) is 38.1. The number of nitrogens with one attached hydrogen (secondary N) is 1. The lowest BCUT2D eigenvalue weighted by molar-refractivity contribution is -0.0957. The van der Waals surface area contributed by atoms with Gasteiger partial charge in [0.05, 0.1) is 25.9 Å². The monoisotopic (exact) mass is 802 g/mol. The molecule has 7 rings (SSSR count). The molecule has 10 unspecified atom stereocenters. The van der Waals surface area contributed by atoms with Gasteiger partial charge in [0.2, 0.25) is 5.95 Å². The Bertz CT molecular complexity index is 2210. The van der Waals surface area contributed by atoms with Crippen LogP contribution in [0.2, 0.25) is 18.1 Å². The molecule has 53 heavy (non-hydrogen) atoms. The van der Waals surface area contributed by atoms with Crippen molar-refractivity contribution in [3.8, 4) is 0 Å². The van der Waals surface area contributed by atoms with Gasteiger partial charge in [-0.25, -0.2) is 29.1 Å². The number of ether oxygens (including phenoxy) is 2. The summed E-state index contributed by atoms with van der Waals surface area (Å²) in [5.74, 6) is -0.203. The summed E-state index contributed by atoms with van der Waals surface area (Å²) < 4.78 is 71.6. The molecule has 23 nitrogen and oxygen atoms in total. The summed E-state index contributed by atoms with van der Waals surface area (Å²) in [6, 6.07) is 0. The Morgan fingerprint density at radius 3 is 2.30 bits per heavy atom. The van der Waals surface area contributed by atoms with Crippen molar-refractivity contribution in [3.05, 3.63) is 29.3 Å². The molecule has 4 aromatic rings. The van der Waals surface area contributed by atoms with E-state index in [4.69, 9.17) is 43.5 Å². The summed E-state index contributed by atoms with van der Waals surface area (Å²) in [6.07, 6.45) is -6.39. The number of aromatic nitrogens is 8. The van der Waals surface area contributed by atoms with E-state index in [0.717, 1.165) is 0 Å². The topological polar surface area (TPSA) is 319 Å². The molecule has 0 spiro atoms. The lowest BCUT2D eigenvalue weighted by Crippen LogP contribution is -2.50. The normalized spacial score (nSPS) is 35.9. The van der Waals surface area contributed by atoms with Gasteiger partial charge in [0.25, 0.3) is 5.56 Å². The van der Waals surface area contributed by atoms with E-state index in [1.807, 2.05) is 33.9 Å². The number of hydrogen-bond donors (Lipinski definition) is 6. The molecule has 3 fully saturated rings. The Kier molecular flexibility index (Phi) is 9.29. The van der Waals surface area contributed by atoms with Crippen LogP contribution in [0.5, 0.6) is 0 Å². The molecule has 0 aromatic carbocycles. The van der Waals surface area contributed by atoms with Crippen molar-refractivity contribution in [3.63, 3.8) is 0 Å². The number of hydrogen-bond acceptors (Lipinski definition) is 18. The molecule has 0 amide bonds. The molecular weight excluding hydrogens is 762 g/mol. The predicted octanol–water partition coefficient (Wildman–Crippen LogP) is 1.08. The maximum Gasteiger partial charge on any atom is 0.472 e.